The SMILES string of the molecule is CC(C)C.CN1CCOC1=O. The van der Waals surface area contributed by atoms with Gasteiger partial charge in [-0.1, -0.05) is 20.8 Å². The minimum atomic E-state index is -0.208. The van der Waals surface area contributed by atoms with E-state index in [0.717, 1.165) is 12.5 Å². The number of amides is 1. The van der Waals surface area contributed by atoms with Gasteiger partial charge in [0.05, 0.1) is 6.54 Å². The van der Waals surface area contributed by atoms with Crippen LogP contribution in [0.1, 0.15) is 20.8 Å². The van der Waals surface area contributed by atoms with Crippen LogP contribution in [0.2, 0.25) is 0 Å². The van der Waals surface area contributed by atoms with Gasteiger partial charge in [0.2, 0.25) is 0 Å². The lowest BCUT2D eigenvalue weighted by Crippen LogP contribution is -2.17. The highest BCUT2D eigenvalue weighted by Gasteiger charge is 2.15. The highest BCUT2D eigenvalue weighted by atomic mass is 16.6. The van der Waals surface area contributed by atoms with E-state index in [1.807, 2.05) is 0 Å². The molecule has 0 aromatic rings. The molecule has 0 N–H and O–H groups in total. The van der Waals surface area contributed by atoms with Crippen molar-refractivity contribution in [3.63, 3.8) is 0 Å². The quantitative estimate of drug-likeness (QED) is 0.538. The molecule has 1 fully saturated rings. The summed E-state index contributed by atoms with van der Waals surface area (Å²) in [6.07, 6.45) is -0.208. The molecule has 3 nitrogen and oxygen atoms in total. The van der Waals surface area contributed by atoms with Crippen molar-refractivity contribution in [2.24, 2.45) is 5.92 Å². The molecule has 0 unspecified atom stereocenters. The third-order valence-corrected chi connectivity index (χ3v) is 0.964. The summed E-state index contributed by atoms with van der Waals surface area (Å²) in [4.78, 5) is 11.8. The average molecular weight is 159 g/mol. The van der Waals surface area contributed by atoms with Crippen LogP contribution < -0.4 is 0 Å². The molecule has 0 aromatic carbocycles. The molecule has 0 aliphatic carbocycles. The zero-order valence-corrected chi connectivity index (χ0v) is 7.76. The van der Waals surface area contributed by atoms with E-state index in [1.54, 1.807) is 11.9 Å². The standard InChI is InChI=1S/C4H7NO2.C4H10/c1-5-2-3-7-4(5)6;1-4(2)3/h2-3H2,1H3;4H,1-3H3. The minimum absolute atomic E-state index is 0.208. The van der Waals surface area contributed by atoms with Gasteiger partial charge in [-0.2, -0.15) is 0 Å². The van der Waals surface area contributed by atoms with E-state index >= 15 is 0 Å². The van der Waals surface area contributed by atoms with Crippen molar-refractivity contribution in [3.8, 4) is 0 Å². The van der Waals surface area contributed by atoms with Crippen LogP contribution in [0.5, 0.6) is 0 Å². The summed E-state index contributed by atoms with van der Waals surface area (Å²) >= 11 is 0. The molecular weight excluding hydrogens is 142 g/mol. The van der Waals surface area contributed by atoms with Crippen LogP contribution in [-0.2, 0) is 4.74 Å². The molecule has 66 valence electrons. The Labute approximate surface area is 68.3 Å². The van der Waals surface area contributed by atoms with Gasteiger partial charge >= 0.3 is 6.09 Å². The Kier molecular flexibility index (Phi) is 4.66. The number of carbonyl (C=O) groups excluding carboxylic acids is 1. The smallest absolute Gasteiger partial charge is 0.409 e. The highest BCUT2D eigenvalue weighted by Crippen LogP contribution is 1.96. The zero-order chi connectivity index (χ0) is 8.85. The zero-order valence-electron chi connectivity index (χ0n) is 7.76. The molecule has 1 rings (SSSR count). The summed E-state index contributed by atoms with van der Waals surface area (Å²) in [6, 6.07) is 0. The van der Waals surface area contributed by atoms with E-state index < -0.39 is 0 Å². The Morgan fingerprint density at radius 3 is 2.00 bits per heavy atom. The first-order valence-corrected chi connectivity index (χ1v) is 3.92. The first-order chi connectivity index (χ1) is 5.04. The van der Waals surface area contributed by atoms with Gasteiger partial charge in [-0.05, 0) is 5.92 Å². The number of hydrogen-bond acceptors (Lipinski definition) is 2. The second-order valence-electron chi connectivity index (χ2n) is 3.27. The van der Waals surface area contributed by atoms with Gasteiger partial charge < -0.3 is 9.64 Å². The number of likely N-dealkylation sites (N-methyl/N-ethyl adjacent to an activating group) is 1. The molecule has 3 heteroatoms. The fraction of sp³-hybridized carbons (Fsp3) is 0.875. The first kappa shape index (κ1) is 10.3. The van der Waals surface area contributed by atoms with Crippen LogP contribution in [0.3, 0.4) is 0 Å². The summed E-state index contributed by atoms with van der Waals surface area (Å²) in [6.45, 7) is 7.79. The second kappa shape index (κ2) is 4.99. The maximum Gasteiger partial charge on any atom is 0.409 e. The molecule has 0 spiro atoms. The summed E-state index contributed by atoms with van der Waals surface area (Å²) < 4.78 is 4.55. The molecule has 0 saturated carbocycles. The lowest BCUT2D eigenvalue weighted by atomic mass is 10.3. The monoisotopic (exact) mass is 159 g/mol. The van der Waals surface area contributed by atoms with Crippen molar-refractivity contribution in [1.29, 1.82) is 0 Å². The fourth-order valence-electron chi connectivity index (χ4n) is 0.471. The van der Waals surface area contributed by atoms with Crippen LogP contribution in [-0.4, -0.2) is 31.2 Å². The predicted octanol–water partition coefficient (Wildman–Crippen LogP) is 1.73. The van der Waals surface area contributed by atoms with Crippen molar-refractivity contribution in [3.05, 3.63) is 0 Å². The van der Waals surface area contributed by atoms with E-state index in [0.29, 0.717) is 6.61 Å². The molecule has 1 heterocycles. The van der Waals surface area contributed by atoms with Gasteiger partial charge in [-0.25, -0.2) is 4.79 Å². The molecule has 0 aromatic heterocycles. The molecule has 0 atom stereocenters. The lowest BCUT2D eigenvalue weighted by Gasteiger charge is -1.98. The first-order valence-electron chi connectivity index (χ1n) is 3.92. The van der Waals surface area contributed by atoms with Gasteiger partial charge in [-0.15, -0.1) is 0 Å². The van der Waals surface area contributed by atoms with Crippen LogP contribution >= 0.6 is 0 Å². The summed E-state index contributed by atoms with van der Waals surface area (Å²) in [5.74, 6) is 0.833. The Morgan fingerprint density at radius 2 is 1.91 bits per heavy atom. The Morgan fingerprint density at radius 1 is 1.45 bits per heavy atom. The van der Waals surface area contributed by atoms with Crippen LogP contribution in [0.15, 0.2) is 0 Å². The van der Waals surface area contributed by atoms with Crippen molar-refractivity contribution < 1.29 is 9.53 Å². The highest BCUT2D eigenvalue weighted by molar-refractivity contribution is 5.68. The maximum atomic E-state index is 10.3. The van der Waals surface area contributed by atoms with Gasteiger partial charge in [0.1, 0.15) is 6.61 Å². The van der Waals surface area contributed by atoms with E-state index in [2.05, 4.69) is 25.5 Å². The third kappa shape index (κ3) is 5.70. The van der Waals surface area contributed by atoms with Crippen LogP contribution in [0.25, 0.3) is 0 Å². The number of carbonyl (C=O) groups is 1. The Bertz CT molecular complexity index is 121. The van der Waals surface area contributed by atoms with E-state index in [1.165, 1.54) is 0 Å². The van der Waals surface area contributed by atoms with Crippen molar-refractivity contribution in [2.75, 3.05) is 20.2 Å². The average Bonchev–Trinajstić information content (AvgIpc) is 2.15. The number of nitrogens with zero attached hydrogens (tertiary/aromatic N) is 1. The van der Waals surface area contributed by atoms with E-state index in [4.69, 9.17) is 0 Å². The van der Waals surface area contributed by atoms with Crippen molar-refractivity contribution >= 4 is 6.09 Å². The van der Waals surface area contributed by atoms with E-state index in [9.17, 15) is 4.79 Å². The number of ether oxygens (including phenoxy) is 1. The van der Waals surface area contributed by atoms with Gasteiger partial charge in [0, 0.05) is 7.05 Å². The molecular formula is C8H17NO2. The van der Waals surface area contributed by atoms with Gasteiger partial charge in [-0.3, -0.25) is 0 Å². The molecule has 0 radical (unpaired) electrons. The van der Waals surface area contributed by atoms with Crippen molar-refractivity contribution in [2.45, 2.75) is 20.8 Å². The molecule has 1 saturated heterocycles. The summed E-state index contributed by atoms with van der Waals surface area (Å²) in [5, 5.41) is 0. The molecule has 1 aliphatic rings. The molecule has 11 heavy (non-hydrogen) atoms. The molecule has 1 aliphatic heterocycles. The number of cyclic esters (lactones) is 1. The predicted molar refractivity (Wildman–Crippen MR) is 44.5 cm³/mol. The minimum Gasteiger partial charge on any atom is -0.448 e. The lowest BCUT2D eigenvalue weighted by molar-refractivity contribution is 0.163. The number of rotatable bonds is 0. The van der Waals surface area contributed by atoms with Crippen LogP contribution in [0, 0.1) is 5.92 Å². The largest absolute Gasteiger partial charge is 0.448 e. The van der Waals surface area contributed by atoms with Crippen molar-refractivity contribution in [1.82, 2.24) is 4.90 Å². The Balaban J connectivity index is 0.000000218. The maximum absolute atomic E-state index is 10.3. The number of hydrogen-bond donors (Lipinski definition) is 0. The summed E-state index contributed by atoms with van der Waals surface area (Å²) in [5.41, 5.74) is 0. The summed E-state index contributed by atoms with van der Waals surface area (Å²) in [7, 11) is 1.72. The topological polar surface area (TPSA) is 29.5 Å². The van der Waals surface area contributed by atoms with Gasteiger partial charge in [0.15, 0.2) is 0 Å². The van der Waals surface area contributed by atoms with Crippen LogP contribution in [0.4, 0.5) is 4.79 Å². The molecule has 1 amide bonds. The fourth-order valence-corrected chi connectivity index (χ4v) is 0.471. The van der Waals surface area contributed by atoms with Gasteiger partial charge in [0.25, 0.3) is 0 Å². The van der Waals surface area contributed by atoms with E-state index in [-0.39, 0.29) is 6.09 Å². The Hall–Kier alpha value is -0.730. The normalized spacial score (nSPS) is 16.1. The second-order valence-corrected chi connectivity index (χ2v) is 3.27. The third-order valence-electron chi connectivity index (χ3n) is 0.964. The molecule has 0 bridgehead atoms.